The van der Waals surface area contributed by atoms with Gasteiger partial charge in [-0.2, -0.15) is 0 Å². The third-order valence-electron chi connectivity index (χ3n) is 1.91. The van der Waals surface area contributed by atoms with Crippen LogP contribution in [-0.4, -0.2) is 30.9 Å². The van der Waals surface area contributed by atoms with E-state index in [1.807, 2.05) is 0 Å². The molecule has 0 aliphatic heterocycles. The summed E-state index contributed by atoms with van der Waals surface area (Å²) in [4.78, 5) is 10.6. The maximum Gasteiger partial charge on any atom is 0.338 e. The van der Waals surface area contributed by atoms with Crippen molar-refractivity contribution in [2.75, 3.05) is 13.7 Å². The highest BCUT2D eigenvalue weighted by Gasteiger charge is 2.12. The van der Waals surface area contributed by atoms with Crippen LogP contribution < -0.4 is 4.74 Å². The lowest BCUT2D eigenvalue weighted by Crippen LogP contribution is -2.18. The molecule has 0 heterocycles. The Morgan fingerprint density at radius 1 is 1.56 bits per heavy atom. The molecule has 0 radical (unpaired) electrons. The normalized spacial score (nSPS) is 12.2. The third kappa shape index (κ3) is 3.20. The van der Waals surface area contributed by atoms with Gasteiger partial charge in [0.1, 0.15) is 17.7 Å². The minimum absolute atomic E-state index is 0.222. The smallest absolute Gasteiger partial charge is 0.338 e. The van der Waals surface area contributed by atoms with E-state index in [1.165, 1.54) is 19.2 Å². The second-order valence-corrected chi connectivity index (χ2v) is 3.33. The predicted octanol–water partition coefficient (Wildman–Crippen LogP) is 1.94. The molecule has 0 aliphatic carbocycles. The second kappa shape index (κ2) is 5.46. The minimum Gasteiger partial charge on any atom is -0.488 e. The van der Waals surface area contributed by atoms with Crippen LogP contribution in [0.5, 0.6) is 5.75 Å². The van der Waals surface area contributed by atoms with E-state index in [-0.39, 0.29) is 17.4 Å². The quantitative estimate of drug-likeness (QED) is 0.836. The van der Waals surface area contributed by atoms with E-state index in [0.29, 0.717) is 6.61 Å². The van der Waals surface area contributed by atoms with Gasteiger partial charge in [0.2, 0.25) is 0 Å². The molecule has 5 heteroatoms. The van der Waals surface area contributed by atoms with Crippen molar-refractivity contribution < 1.29 is 23.8 Å². The van der Waals surface area contributed by atoms with Crippen molar-refractivity contribution in [2.45, 2.75) is 13.0 Å². The van der Waals surface area contributed by atoms with E-state index in [4.69, 9.17) is 14.6 Å². The van der Waals surface area contributed by atoms with Crippen molar-refractivity contribution >= 4 is 5.97 Å². The van der Waals surface area contributed by atoms with Crippen molar-refractivity contribution in [3.05, 3.63) is 29.6 Å². The van der Waals surface area contributed by atoms with E-state index in [9.17, 15) is 9.18 Å². The van der Waals surface area contributed by atoms with Crippen molar-refractivity contribution in [3.8, 4) is 5.75 Å². The molecule has 16 heavy (non-hydrogen) atoms. The van der Waals surface area contributed by atoms with E-state index < -0.39 is 11.8 Å². The number of halogens is 1. The highest BCUT2D eigenvalue weighted by Crippen LogP contribution is 2.17. The lowest BCUT2D eigenvalue weighted by Gasteiger charge is -2.13. The minimum atomic E-state index is -1.30. The van der Waals surface area contributed by atoms with Gasteiger partial charge in [0.05, 0.1) is 12.2 Å². The van der Waals surface area contributed by atoms with Gasteiger partial charge in [-0.3, -0.25) is 0 Å². The molecule has 0 saturated heterocycles. The van der Waals surface area contributed by atoms with Gasteiger partial charge in [-0.25, -0.2) is 9.18 Å². The Kier molecular flexibility index (Phi) is 4.25. The summed E-state index contributed by atoms with van der Waals surface area (Å²) >= 11 is 0. The summed E-state index contributed by atoms with van der Waals surface area (Å²) in [6.45, 7) is 2.15. The van der Waals surface area contributed by atoms with Gasteiger partial charge in [-0.05, 0) is 19.1 Å². The Bertz CT molecular complexity index is 378. The van der Waals surface area contributed by atoms with Crippen molar-refractivity contribution in [1.29, 1.82) is 0 Å². The Hall–Kier alpha value is -1.62. The van der Waals surface area contributed by atoms with Crippen LogP contribution in [0, 0.1) is 5.82 Å². The maximum absolute atomic E-state index is 13.2. The van der Waals surface area contributed by atoms with Crippen LogP contribution in [0.25, 0.3) is 0 Å². The first-order valence-corrected chi connectivity index (χ1v) is 4.73. The molecule has 88 valence electrons. The Morgan fingerprint density at radius 3 is 2.75 bits per heavy atom. The summed E-state index contributed by atoms with van der Waals surface area (Å²) in [5, 5.41) is 8.62. The third-order valence-corrected chi connectivity index (χ3v) is 1.91. The summed E-state index contributed by atoms with van der Waals surface area (Å²) in [6, 6.07) is 3.64. The molecule has 1 N–H and O–H groups in total. The fraction of sp³-hybridized carbons (Fsp3) is 0.364. The molecule has 0 aliphatic rings. The van der Waals surface area contributed by atoms with Crippen LogP contribution in [0.4, 0.5) is 4.39 Å². The van der Waals surface area contributed by atoms with Crippen LogP contribution in [0.15, 0.2) is 18.2 Å². The fourth-order valence-electron chi connectivity index (χ4n) is 1.24. The standard InChI is InChI=1S/C11H13FO4/c1-7(6-15-2)16-8-3-4-9(11(13)14)10(12)5-8/h3-5,7H,6H2,1-2H3,(H,13,14). The fourth-order valence-corrected chi connectivity index (χ4v) is 1.24. The monoisotopic (exact) mass is 228 g/mol. The zero-order valence-electron chi connectivity index (χ0n) is 9.07. The maximum atomic E-state index is 13.2. The SMILES string of the molecule is COCC(C)Oc1ccc(C(=O)O)c(F)c1. The number of carbonyl (C=O) groups is 1. The lowest BCUT2D eigenvalue weighted by atomic mass is 10.2. The molecule has 4 nitrogen and oxygen atoms in total. The average molecular weight is 228 g/mol. The molecule has 0 spiro atoms. The largest absolute Gasteiger partial charge is 0.488 e. The number of rotatable bonds is 5. The number of hydrogen-bond donors (Lipinski definition) is 1. The first-order valence-electron chi connectivity index (χ1n) is 4.73. The molecule has 1 atom stereocenters. The van der Waals surface area contributed by atoms with Gasteiger partial charge >= 0.3 is 5.97 Å². The average Bonchev–Trinajstić information content (AvgIpc) is 2.17. The number of carboxylic acid groups (broad SMARTS) is 1. The Balaban J connectivity index is 2.77. The molecule has 1 unspecified atom stereocenters. The molecule has 0 saturated carbocycles. The number of aromatic carboxylic acids is 1. The van der Waals surface area contributed by atoms with Gasteiger partial charge in [0.25, 0.3) is 0 Å². The summed E-state index contributed by atoms with van der Waals surface area (Å²) in [7, 11) is 1.54. The van der Waals surface area contributed by atoms with E-state index >= 15 is 0 Å². The molecule has 0 bridgehead atoms. The summed E-state index contributed by atoms with van der Waals surface area (Å²) in [5.74, 6) is -1.82. The first kappa shape index (κ1) is 12.4. The van der Waals surface area contributed by atoms with Gasteiger partial charge in [-0.1, -0.05) is 0 Å². The molecule has 1 aromatic carbocycles. The van der Waals surface area contributed by atoms with Gasteiger partial charge < -0.3 is 14.6 Å². The molecule has 0 fully saturated rings. The topological polar surface area (TPSA) is 55.8 Å². The molecular formula is C11H13FO4. The van der Waals surface area contributed by atoms with Gasteiger partial charge in [0, 0.05) is 13.2 Å². The molecule has 1 aromatic rings. The first-order chi connectivity index (χ1) is 7.54. The van der Waals surface area contributed by atoms with E-state index in [2.05, 4.69) is 0 Å². The van der Waals surface area contributed by atoms with Crippen LogP contribution in [0.1, 0.15) is 17.3 Å². The number of benzene rings is 1. The van der Waals surface area contributed by atoms with Crippen molar-refractivity contribution in [3.63, 3.8) is 0 Å². The zero-order chi connectivity index (χ0) is 12.1. The number of carboxylic acids is 1. The summed E-state index contributed by atoms with van der Waals surface area (Å²) < 4.78 is 23.4. The number of hydrogen-bond acceptors (Lipinski definition) is 3. The molecule has 0 aromatic heterocycles. The second-order valence-electron chi connectivity index (χ2n) is 3.33. The van der Waals surface area contributed by atoms with Crippen LogP contribution in [0.2, 0.25) is 0 Å². The number of ether oxygens (including phenoxy) is 2. The van der Waals surface area contributed by atoms with Crippen molar-refractivity contribution in [1.82, 2.24) is 0 Å². The lowest BCUT2D eigenvalue weighted by molar-refractivity contribution is 0.0691. The summed E-state index contributed by atoms with van der Waals surface area (Å²) in [5.41, 5.74) is -0.369. The summed E-state index contributed by atoms with van der Waals surface area (Å²) in [6.07, 6.45) is -0.222. The van der Waals surface area contributed by atoms with Crippen LogP contribution >= 0.6 is 0 Å². The predicted molar refractivity (Wildman–Crippen MR) is 55.3 cm³/mol. The molecular weight excluding hydrogens is 215 g/mol. The Morgan fingerprint density at radius 2 is 2.25 bits per heavy atom. The van der Waals surface area contributed by atoms with Gasteiger partial charge in [0.15, 0.2) is 0 Å². The molecule has 0 amide bonds. The van der Waals surface area contributed by atoms with Crippen LogP contribution in [-0.2, 0) is 4.74 Å². The highest BCUT2D eigenvalue weighted by molar-refractivity contribution is 5.88. The van der Waals surface area contributed by atoms with Crippen LogP contribution in [0.3, 0.4) is 0 Å². The highest BCUT2D eigenvalue weighted by atomic mass is 19.1. The molecule has 1 rings (SSSR count). The van der Waals surface area contributed by atoms with Gasteiger partial charge in [-0.15, -0.1) is 0 Å². The van der Waals surface area contributed by atoms with E-state index in [1.54, 1.807) is 6.92 Å². The van der Waals surface area contributed by atoms with Crippen molar-refractivity contribution in [2.24, 2.45) is 0 Å². The Labute approximate surface area is 92.6 Å². The van der Waals surface area contributed by atoms with E-state index in [0.717, 1.165) is 6.07 Å². The zero-order valence-corrected chi connectivity index (χ0v) is 9.07. The number of methoxy groups -OCH3 is 1.